The minimum absolute atomic E-state index is 0.582. The summed E-state index contributed by atoms with van der Waals surface area (Å²) < 4.78 is 7.59. The Hall–Kier alpha value is -2.06. The predicted octanol–water partition coefficient (Wildman–Crippen LogP) is 2.30. The summed E-state index contributed by atoms with van der Waals surface area (Å²) in [5, 5.41) is 18.0. The van der Waals surface area contributed by atoms with Crippen molar-refractivity contribution in [3.8, 4) is 10.7 Å². The van der Waals surface area contributed by atoms with Crippen molar-refractivity contribution in [2.45, 2.75) is 39.3 Å². The minimum Gasteiger partial charge on any atom is -0.338 e. The highest BCUT2D eigenvalue weighted by atomic mass is 32.1. The molecule has 8 heteroatoms. The largest absolute Gasteiger partial charge is 0.338 e. The Bertz CT molecular complexity index is 780. The Morgan fingerprint density at radius 1 is 1.42 bits per heavy atom. The number of hydrogen-bond acceptors (Lipinski definition) is 7. The van der Waals surface area contributed by atoms with Gasteiger partial charge in [-0.1, -0.05) is 18.1 Å². The SMILES string of the molecule is CCc1nnc2n1C[C@@H](CNCc1nc(-c3cccs3)no1)CC2. The number of aryl methyl sites for hydroxylation is 2. The van der Waals surface area contributed by atoms with E-state index in [2.05, 4.69) is 37.1 Å². The molecule has 3 aromatic heterocycles. The van der Waals surface area contributed by atoms with E-state index >= 15 is 0 Å². The molecule has 24 heavy (non-hydrogen) atoms. The standard InChI is InChI=1S/C16H20N6OS/c1-2-13-19-20-14-6-5-11(10-22(13)14)8-17-9-15-18-16(21-23-15)12-4-3-7-24-12/h3-4,7,11,17H,2,5-6,8-10H2,1H3/t11-/m1/s1. The fourth-order valence-corrected chi connectivity index (χ4v) is 3.74. The maximum absolute atomic E-state index is 5.32. The van der Waals surface area contributed by atoms with Crippen molar-refractivity contribution in [1.29, 1.82) is 0 Å². The van der Waals surface area contributed by atoms with E-state index in [1.165, 1.54) is 0 Å². The van der Waals surface area contributed by atoms with Gasteiger partial charge in [-0.2, -0.15) is 4.98 Å². The number of nitrogens with zero attached hydrogens (tertiary/aromatic N) is 5. The van der Waals surface area contributed by atoms with E-state index in [-0.39, 0.29) is 0 Å². The molecule has 1 atom stereocenters. The Morgan fingerprint density at radius 2 is 2.38 bits per heavy atom. The molecule has 0 spiro atoms. The average Bonchev–Trinajstić information content (AvgIpc) is 3.34. The molecule has 0 aromatic carbocycles. The van der Waals surface area contributed by atoms with Gasteiger partial charge < -0.3 is 14.4 Å². The molecular formula is C16H20N6OS. The predicted molar refractivity (Wildman–Crippen MR) is 90.5 cm³/mol. The topological polar surface area (TPSA) is 81.7 Å². The summed E-state index contributed by atoms with van der Waals surface area (Å²) in [4.78, 5) is 5.47. The summed E-state index contributed by atoms with van der Waals surface area (Å²) >= 11 is 1.61. The van der Waals surface area contributed by atoms with Gasteiger partial charge in [0.05, 0.1) is 11.4 Å². The number of hydrogen-bond donors (Lipinski definition) is 1. The van der Waals surface area contributed by atoms with Crippen LogP contribution in [-0.2, 0) is 25.9 Å². The van der Waals surface area contributed by atoms with Gasteiger partial charge in [-0.3, -0.25) is 0 Å². The first-order valence-corrected chi connectivity index (χ1v) is 9.19. The maximum atomic E-state index is 5.32. The van der Waals surface area contributed by atoms with E-state index in [1.807, 2.05) is 17.5 Å². The number of thiophene rings is 1. The third-order valence-corrected chi connectivity index (χ3v) is 5.22. The number of rotatable bonds is 6. The third kappa shape index (κ3) is 3.11. The van der Waals surface area contributed by atoms with Gasteiger partial charge in [0, 0.05) is 25.9 Å². The van der Waals surface area contributed by atoms with Gasteiger partial charge in [0.15, 0.2) is 0 Å². The zero-order valence-electron chi connectivity index (χ0n) is 13.6. The van der Waals surface area contributed by atoms with Crippen LogP contribution < -0.4 is 5.32 Å². The lowest BCUT2D eigenvalue weighted by molar-refractivity contribution is 0.324. The first kappa shape index (κ1) is 15.5. The second-order valence-electron chi connectivity index (χ2n) is 6.02. The van der Waals surface area contributed by atoms with E-state index < -0.39 is 0 Å². The van der Waals surface area contributed by atoms with Crippen LogP contribution in [0, 0.1) is 5.92 Å². The van der Waals surface area contributed by atoms with Crippen LogP contribution in [0.3, 0.4) is 0 Å². The van der Waals surface area contributed by atoms with Crippen LogP contribution in [0.25, 0.3) is 10.7 Å². The summed E-state index contributed by atoms with van der Waals surface area (Å²) in [5.41, 5.74) is 0. The Morgan fingerprint density at radius 3 is 3.21 bits per heavy atom. The molecule has 0 saturated heterocycles. The molecule has 1 N–H and O–H groups in total. The van der Waals surface area contributed by atoms with Crippen molar-refractivity contribution >= 4 is 11.3 Å². The van der Waals surface area contributed by atoms with Gasteiger partial charge in [-0.25, -0.2) is 0 Å². The lowest BCUT2D eigenvalue weighted by atomic mass is 9.99. The molecule has 0 saturated carbocycles. The smallest absolute Gasteiger partial charge is 0.240 e. The molecule has 0 fully saturated rings. The van der Waals surface area contributed by atoms with Crippen LogP contribution in [0.5, 0.6) is 0 Å². The highest BCUT2D eigenvalue weighted by Gasteiger charge is 2.22. The number of nitrogens with one attached hydrogen (secondary N) is 1. The average molecular weight is 344 g/mol. The summed E-state index contributed by atoms with van der Waals surface area (Å²) in [6.07, 6.45) is 3.07. The normalized spacial score (nSPS) is 17.1. The number of aromatic nitrogens is 5. The second-order valence-corrected chi connectivity index (χ2v) is 6.97. The quantitative estimate of drug-likeness (QED) is 0.739. The van der Waals surface area contributed by atoms with Crippen LogP contribution in [-0.4, -0.2) is 31.4 Å². The highest BCUT2D eigenvalue weighted by molar-refractivity contribution is 7.13. The van der Waals surface area contributed by atoms with Crippen molar-refractivity contribution in [3.05, 3.63) is 35.1 Å². The maximum Gasteiger partial charge on any atom is 0.240 e. The van der Waals surface area contributed by atoms with Crippen molar-refractivity contribution < 1.29 is 4.52 Å². The highest BCUT2D eigenvalue weighted by Crippen LogP contribution is 2.22. The first-order chi connectivity index (χ1) is 11.8. The monoisotopic (exact) mass is 344 g/mol. The molecule has 3 aromatic rings. The van der Waals surface area contributed by atoms with Crippen LogP contribution in [0.1, 0.15) is 30.9 Å². The van der Waals surface area contributed by atoms with Crippen LogP contribution in [0.4, 0.5) is 0 Å². The first-order valence-electron chi connectivity index (χ1n) is 8.31. The molecular weight excluding hydrogens is 324 g/mol. The summed E-state index contributed by atoms with van der Waals surface area (Å²) in [7, 11) is 0. The van der Waals surface area contributed by atoms with Crippen LogP contribution >= 0.6 is 11.3 Å². The zero-order valence-corrected chi connectivity index (χ0v) is 14.4. The molecule has 0 radical (unpaired) electrons. The molecule has 1 aliphatic rings. The van der Waals surface area contributed by atoms with Crippen molar-refractivity contribution in [2.24, 2.45) is 5.92 Å². The Kier molecular flexibility index (Phi) is 4.40. The molecule has 0 bridgehead atoms. The fraction of sp³-hybridized carbons (Fsp3) is 0.500. The van der Waals surface area contributed by atoms with Gasteiger partial charge in [-0.15, -0.1) is 21.5 Å². The van der Waals surface area contributed by atoms with Crippen LogP contribution in [0.15, 0.2) is 22.0 Å². The van der Waals surface area contributed by atoms with Gasteiger partial charge in [-0.05, 0) is 23.8 Å². The molecule has 0 unspecified atom stereocenters. The third-order valence-electron chi connectivity index (χ3n) is 4.36. The fourth-order valence-electron chi connectivity index (χ4n) is 3.09. The van der Waals surface area contributed by atoms with Gasteiger partial charge >= 0.3 is 0 Å². The lowest BCUT2D eigenvalue weighted by Crippen LogP contribution is -2.30. The molecule has 1 aliphatic heterocycles. The molecule has 0 aliphatic carbocycles. The molecule has 4 heterocycles. The van der Waals surface area contributed by atoms with E-state index in [9.17, 15) is 0 Å². The minimum atomic E-state index is 0.582. The van der Waals surface area contributed by atoms with Gasteiger partial charge in [0.1, 0.15) is 11.6 Å². The van der Waals surface area contributed by atoms with Crippen molar-refractivity contribution in [3.63, 3.8) is 0 Å². The zero-order chi connectivity index (χ0) is 16.4. The molecule has 4 rings (SSSR count). The Balaban J connectivity index is 1.30. The van der Waals surface area contributed by atoms with E-state index in [4.69, 9.17) is 4.52 Å². The second kappa shape index (κ2) is 6.82. The summed E-state index contributed by atoms with van der Waals surface area (Å²) in [5.74, 6) is 4.10. The number of fused-ring (bicyclic) bond motifs is 1. The summed E-state index contributed by atoms with van der Waals surface area (Å²) in [6.45, 7) is 4.64. The summed E-state index contributed by atoms with van der Waals surface area (Å²) in [6, 6.07) is 3.98. The van der Waals surface area contributed by atoms with Crippen LogP contribution in [0.2, 0.25) is 0 Å². The van der Waals surface area contributed by atoms with E-state index in [0.717, 1.165) is 48.9 Å². The van der Waals surface area contributed by atoms with Gasteiger partial charge in [0.25, 0.3) is 0 Å². The molecule has 126 valence electrons. The lowest BCUT2D eigenvalue weighted by Gasteiger charge is -2.24. The van der Waals surface area contributed by atoms with E-state index in [0.29, 0.717) is 24.2 Å². The van der Waals surface area contributed by atoms with Gasteiger partial charge in [0.2, 0.25) is 11.7 Å². The van der Waals surface area contributed by atoms with E-state index in [1.54, 1.807) is 11.3 Å². The van der Waals surface area contributed by atoms with Crippen molar-refractivity contribution in [2.75, 3.05) is 6.54 Å². The molecule has 0 amide bonds. The van der Waals surface area contributed by atoms with Crippen molar-refractivity contribution in [1.82, 2.24) is 30.2 Å². The molecule has 7 nitrogen and oxygen atoms in total. The Labute approximate surface area is 144 Å².